The normalized spacial score (nSPS) is 10.8. The molecule has 0 aliphatic carbocycles. The summed E-state index contributed by atoms with van der Waals surface area (Å²) in [6, 6.07) is 28.5. The van der Waals surface area contributed by atoms with E-state index in [-0.39, 0.29) is 0 Å². The number of nitrogens with one attached hydrogen (secondary N) is 1. The van der Waals surface area contributed by atoms with E-state index >= 15 is 0 Å². The average Bonchev–Trinajstić information content (AvgIpc) is 3.11. The minimum Gasteiger partial charge on any atom is -0.323 e. The first-order valence-electron chi connectivity index (χ1n) is 9.05. The van der Waals surface area contributed by atoms with Crippen LogP contribution in [0.1, 0.15) is 11.3 Å². The van der Waals surface area contributed by atoms with Crippen molar-refractivity contribution in [2.45, 2.75) is 12.7 Å². The van der Waals surface area contributed by atoms with Gasteiger partial charge < -0.3 is 4.98 Å². The fraction of sp³-hybridized carbons (Fsp3) is 0.0870. The summed E-state index contributed by atoms with van der Waals surface area (Å²) >= 11 is 7.95. The number of aryl methyl sites for hydroxylation is 1. The van der Waals surface area contributed by atoms with Crippen molar-refractivity contribution in [1.82, 2.24) is 9.97 Å². The number of hydrogen-bond donors (Lipinski definition) is 1. The molecule has 0 atom stereocenters. The highest BCUT2D eigenvalue weighted by atomic mass is 35.5. The molecule has 1 heterocycles. The van der Waals surface area contributed by atoms with Gasteiger partial charge in [-0.05, 0) is 48.2 Å². The van der Waals surface area contributed by atoms with Crippen LogP contribution in [-0.4, -0.2) is 9.97 Å². The molecule has 0 radical (unpaired) electrons. The molecule has 0 saturated heterocycles. The summed E-state index contributed by atoms with van der Waals surface area (Å²) in [7, 11) is 0. The third kappa shape index (κ3) is 4.24. The van der Waals surface area contributed by atoms with Gasteiger partial charge in [-0.1, -0.05) is 78.3 Å². The number of halogens is 1. The van der Waals surface area contributed by atoms with Crippen molar-refractivity contribution in [3.63, 3.8) is 0 Å². The van der Waals surface area contributed by atoms with Crippen LogP contribution in [0.25, 0.3) is 11.3 Å². The van der Waals surface area contributed by atoms with Crippen LogP contribution in [0.3, 0.4) is 0 Å². The van der Waals surface area contributed by atoms with Crippen LogP contribution < -0.4 is 4.31 Å². The minimum absolute atomic E-state index is 0.703. The van der Waals surface area contributed by atoms with E-state index < -0.39 is 0 Å². The van der Waals surface area contributed by atoms with E-state index in [1.807, 2.05) is 55.5 Å². The molecule has 0 unspecified atom stereocenters. The Morgan fingerprint density at radius 2 is 1.64 bits per heavy atom. The Morgan fingerprint density at radius 3 is 2.36 bits per heavy atom. The van der Waals surface area contributed by atoms with Crippen LogP contribution in [-0.2, 0) is 5.75 Å². The van der Waals surface area contributed by atoms with E-state index in [0.29, 0.717) is 5.02 Å². The number of anilines is 2. The Bertz CT molecular complexity index is 1050. The molecule has 0 aliphatic rings. The van der Waals surface area contributed by atoms with Crippen molar-refractivity contribution in [3.05, 3.63) is 101 Å². The monoisotopic (exact) mass is 405 g/mol. The van der Waals surface area contributed by atoms with Crippen LogP contribution in [0.2, 0.25) is 5.02 Å². The van der Waals surface area contributed by atoms with Gasteiger partial charge in [0.2, 0.25) is 5.95 Å². The SMILES string of the molecule is Cc1nc(N(SCc2ccccc2)c2cccc(Cl)c2)[nH]c1-c1ccccc1. The van der Waals surface area contributed by atoms with Gasteiger partial charge in [0, 0.05) is 10.8 Å². The number of aromatic amines is 1. The second-order valence-corrected chi connectivity index (χ2v) is 7.77. The highest BCUT2D eigenvalue weighted by Crippen LogP contribution is 2.35. The Labute approximate surface area is 174 Å². The van der Waals surface area contributed by atoms with Gasteiger partial charge in [-0.3, -0.25) is 4.31 Å². The highest BCUT2D eigenvalue weighted by Gasteiger charge is 2.17. The maximum atomic E-state index is 6.26. The Hall–Kier alpha value is -2.69. The van der Waals surface area contributed by atoms with E-state index in [9.17, 15) is 0 Å². The lowest BCUT2D eigenvalue weighted by molar-refractivity contribution is 1.19. The Kier molecular flexibility index (Phi) is 5.70. The highest BCUT2D eigenvalue weighted by molar-refractivity contribution is 8.00. The van der Waals surface area contributed by atoms with Gasteiger partial charge in [-0.2, -0.15) is 0 Å². The molecule has 0 fully saturated rings. The van der Waals surface area contributed by atoms with Gasteiger partial charge in [-0.15, -0.1) is 0 Å². The summed E-state index contributed by atoms with van der Waals surface area (Å²) in [6.45, 7) is 2.03. The van der Waals surface area contributed by atoms with Crippen molar-refractivity contribution >= 4 is 35.2 Å². The van der Waals surface area contributed by atoms with E-state index in [4.69, 9.17) is 16.6 Å². The zero-order chi connectivity index (χ0) is 19.3. The van der Waals surface area contributed by atoms with Gasteiger partial charge >= 0.3 is 0 Å². The molecule has 4 rings (SSSR count). The smallest absolute Gasteiger partial charge is 0.218 e. The third-order valence-electron chi connectivity index (χ3n) is 4.37. The molecule has 4 aromatic rings. The minimum atomic E-state index is 0.703. The largest absolute Gasteiger partial charge is 0.323 e. The van der Waals surface area contributed by atoms with Crippen molar-refractivity contribution in [3.8, 4) is 11.3 Å². The molecule has 0 bridgehead atoms. The van der Waals surface area contributed by atoms with Gasteiger partial charge in [0.05, 0.1) is 17.1 Å². The molecule has 0 saturated carbocycles. The Balaban J connectivity index is 1.69. The van der Waals surface area contributed by atoms with Crippen molar-refractivity contribution in [2.24, 2.45) is 0 Å². The summed E-state index contributed by atoms with van der Waals surface area (Å²) in [5, 5.41) is 0.703. The second kappa shape index (κ2) is 8.55. The molecular formula is C23H20ClN3S. The molecule has 1 N–H and O–H groups in total. The zero-order valence-electron chi connectivity index (χ0n) is 15.5. The topological polar surface area (TPSA) is 31.9 Å². The zero-order valence-corrected chi connectivity index (χ0v) is 17.0. The molecule has 3 aromatic carbocycles. The summed E-state index contributed by atoms with van der Waals surface area (Å²) in [6.07, 6.45) is 0. The van der Waals surface area contributed by atoms with Gasteiger partial charge in [0.25, 0.3) is 0 Å². The van der Waals surface area contributed by atoms with Crippen molar-refractivity contribution in [2.75, 3.05) is 4.31 Å². The quantitative estimate of drug-likeness (QED) is 0.349. The molecule has 140 valence electrons. The van der Waals surface area contributed by atoms with E-state index in [1.165, 1.54) is 5.56 Å². The third-order valence-corrected chi connectivity index (χ3v) is 5.71. The second-order valence-electron chi connectivity index (χ2n) is 6.42. The summed E-state index contributed by atoms with van der Waals surface area (Å²) < 4.78 is 2.11. The molecule has 3 nitrogen and oxygen atoms in total. The average molecular weight is 406 g/mol. The Morgan fingerprint density at radius 1 is 0.929 bits per heavy atom. The predicted molar refractivity (Wildman–Crippen MR) is 120 cm³/mol. The first-order valence-corrected chi connectivity index (χ1v) is 10.4. The van der Waals surface area contributed by atoms with Gasteiger partial charge in [0.15, 0.2) is 0 Å². The fourth-order valence-electron chi connectivity index (χ4n) is 3.00. The number of imidazole rings is 1. The lowest BCUT2D eigenvalue weighted by Gasteiger charge is -2.21. The summed E-state index contributed by atoms with van der Waals surface area (Å²) in [4.78, 5) is 8.32. The maximum absolute atomic E-state index is 6.26. The first-order chi connectivity index (χ1) is 13.7. The first kappa shape index (κ1) is 18.7. The standard InChI is InChI=1S/C23H20ClN3S/c1-17-22(19-11-6-3-7-12-19)26-23(25-17)27(21-14-8-13-20(24)15-21)28-16-18-9-4-2-5-10-18/h2-15H,16H2,1H3,(H,25,26). The number of benzene rings is 3. The fourth-order valence-corrected chi connectivity index (χ4v) is 4.13. The molecule has 5 heteroatoms. The molecular weight excluding hydrogens is 386 g/mol. The molecule has 1 aromatic heterocycles. The van der Waals surface area contributed by atoms with Crippen LogP contribution >= 0.6 is 23.5 Å². The molecule has 0 aliphatic heterocycles. The van der Waals surface area contributed by atoms with Crippen LogP contribution in [0.5, 0.6) is 0 Å². The van der Waals surface area contributed by atoms with Crippen LogP contribution in [0.4, 0.5) is 11.6 Å². The summed E-state index contributed by atoms with van der Waals surface area (Å²) in [5.74, 6) is 1.62. The number of aromatic nitrogens is 2. The predicted octanol–water partition coefficient (Wildman–Crippen LogP) is 7.03. The van der Waals surface area contributed by atoms with Gasteiger partial charge in [-0.25, -0.2) is 4.98 Å². The summed E-state index contributed by atoms with van der Waals surface area (Å²) in [5.41, 5.74) is 5.36. The number of H-pyrrole nitrogens is 1. The van der Waals surface area contributed by atoms with Crippen LogP contribution in [0, 0.1) is 6.92 Å². The van der Waals surface area contributed by atoms with Crippen molar-refractivity contribution in [1.29, 1.82) is 0 Å². The lowest BCUT2D eigenvalue weighted by atomic mass is 10.1. The van der Waals surface area contributed by atoms with E-state index in [1.54, 1.807) is 11.9 Å². The maximum Gasteiger partial charge on any atom is 0.218 e. The van der Waals surface area contributed by atoms with E-state index in [2.05, 4.69) is 45.7 Å². The number of nitrogens with zero attached hydrogens (tertiary/aromatic N) is 2. The lowest BCUT2D eigenvalue weighted by Crippen LogP contribution is -2.09. The van der Waals surface area contributed by atoms with E-state index in [0.717, 1.165) is 34.3 Å². The molecule has 0 amide bonds. The number of hydrogen-bond acceptors (Lipinski definition) is 3. The molecule has 28 heavy (non-hydrogen) atoms. The molecule has 0 spiro atoms. The van der Waals surface area contributed by atoms with Crippen LogP contribution in [0.15, 0.2) is 84.9 Å². The number of rotatable bonds is 6. The van der Waals surface area contributed by atoms with Crippen molar-refractivity contribution < 1.29 is 0 Å². The van der Waals surface area contributed by atoms with Gasteiger partial charge in [0.1, 0.15) is 0 Å².